The topological polar surface area (TPSA) is 68.8 Å². The van der Waals surface area contributed by atoms with E-state index in [1.165, 1.54) is 25.1 Å². The Hall–Kier alpha value is -3.81. The molecule has 1 fully saturated rings. The molecule has 1 heterocycles. The van der Waals surface area contributed by atoms with E-state index in [0.29, 0.717) is 0 Å². The summed E-state index contributed by atoms with van der Waals surface area (Å²) >= 11 is 0. The van der Waals surface area contributed by atoms with Gasteiger partial charge < -0.3 is 4.90 Å². The van der Waals surface area contributed by atoms with Gasteiger partial charge in [0.1, 0.15) is 23.3 Å². The van der Waals surface area contributed by atoms with Crippen molar-refractivity contribution in [3.63, 3.8) is 0 Å². The van der Waals surface area contributed by atoms with E-state index in [2.05, 4.69) is 16.8 Å². The first-order valence-electron chi connectivity index (χ1n) is 10.5. The van der Waals surface area contributed by atoms with E-state index in [0.717, 1.165) is 27.7 Å². The zero-order valence-electron chi connectivity index (χ0n) is 18.3. The number of rotatable bonds is 5. The molecule has 0 bridgehead atoms. The lowest BCUT2D eigenvalue weighted by molar-refractivity contribution is 0.0921. The van der Waals surface area contributed by atoms with Crippen molar-refractivity contribution in [2.24, 2.45) is 5.41 Å². The molecule has 0 aliphatic heterocycles. The molecule has 5 nitrogen and oxygen atoms in total. The number of halogens is 6. The molecule has 1 aliphatic rings. The molecule has 2 aromatic carbocycles. The van der Waals surface area contributed by atoms with Crippen LogP contribution in [0.5, 0.6) is 0 Å². The molecule has 35 heavy (non-hydrogen) atoms. The number of nitrogens with one attached hydrogen (secondary N) is 2. The third kappa shape index (κ3) is 4.73. The van der Waals surface area contributed by atoms with Crippen LogP contribution in [-0.4, -0.2) is 34.8 Å². The van der Waals surface area contributed by atoms with E-state index < -0.39 is 42.1 Å². The quantitative estimate of drug-likeness (QED) is 0.216. The van der Waals surface area contributed by atoms with Crippen LogP contribution >= 0.6 is 0 Å². The molecule has 1 aliphatic carbocycles. The van der Waals surface area contributed by atoms with Crippen molar-refractivity contribution in [2.75, 3.05) is 11.4 Å². The van der Waals surface area contributed by atoms with Crippen molar-refractivity contribution in [3.8, 4) is 11.8 Å². The second kappa shape index (κ2) is 9.09. The second-order valence-corrected chi connectivity index (χ2v) is 8.22. The molecule has 0 amide bonds. The van der Waals surface area contributed by atoms with E-state index >= 15 is 0 Å². The lowest BCUT2D eigenvalue weighted by atomic mass is 10.1. The molecule has 182 valence electrons. The maximum Gasteiger partial charge on any atom is 0.256 e. The summed E-state index contributed by atoms with van der Waals surface area (Å²) in [5.74, 6) is 2.72. The Morgan fingerprint density at radius 2 is 1.89 bits per heavy atom. The van der Waals surface area contributed by atoms with E-state index in [1.54, 1.807) is 0 Å². The number of hydrogen-bond donors (Lipinski definition) is 2. The maximum atomic E-state index is 15.0. The van der Waals surface area contributed by atoms with Gasteiger partial charge in [0.05, 0.1) is 22.9 Å². The van der Waals surface area contributed by atoms with Crippen molar-refractivity contribution in [1.29, 1.82) is 10.8 Å². The van der Waals surface area contributed by atoms with Gasteiger partial charge in [0.25, 0.3) is 12.9 Å². The summed E-state index contributed by atoms with van der Waals surface area (Å²) in [6.07, 6.45) is -5.22. The molecule has 0 radical (unpaired) electrons. The van der Waals surface area contributed by atoms with Gasteiger partial charge >= 0.3 is 0 Å². The fourth-order valence-electron chi connectivity index (χ4n) is 3.76. The Morgan fingerprint density at radius 3 is 2.49 bits per heavy atom. The molecular formula is C24H19F6N5. The number of aromatic nitrogens is 2. The zero-order valence-corrected chi connectivity index (χ0v) is 18.3. The Balaban J connectivity index is 1.92. The number of fused-ring (bicyclic) bond motifs is 1. The van der Waals surface area contributed by atoms with Crippen molar-refractivity contribution >= 4 is 28.2 Å². The summed E-state index contributed by atoms with van der Waals surface area (Å²) in [7, 11) is 0. The third-order valence-corrected chi connectivity index (χ3v) is 5.65. The Bertz CT molecular complexity index is 1430. The first kappa shape index (κ1) is 24.3. The van der Waals surface area contributed by atoms with Crippen LogP contribution in [0.15, 0.2) is 36.4 Å². The highest BCUT2D eigenvalue weighted by atomic mass is 19.3. The smallest absolute Gasteiger partial charge is 0.256 e. The molecule has 3 aromatic rings. The molecular weight excluding hydrogens is 472 g/mol. The van der Waals surface area contributed by atoms with Gasteiger partial charge in [-0.25, -0.2) is 26.3 Å². The Labute approximate surface area is 196 Å². The average Bonchev–Trinajstić information content (AvgIpc) is 3.56. The van der Waals surface area contributed by atoms with Gasteiger partial charge in [-0.3, -0.25) is 15.4 Å². The highest BCUT2D eigenvalue weighted by molar-refractivity contribution is 5.97. The van der Waals surface area contributed by atoms with Gasteiger partial charge in [-0.15, -0.1) is 0 Å². The van der Waals surface area contributed by atoms with Crippen LogP contribution in [0.1, 0.15) is 25.3 Å². The molecule has 0 spiro atoms. The number of hydrogen-bond acceptors (Lipinski definition) is 4. The van der Waals surface area contributed by atoms with E-state index in [4.69, 9.17) is 10.8 Å². The number of alkyl halides is 4. The largest absolute Gasteiger partial charge is 0.320 e. The summed E-state index contributed by atoms with van der Waals surface area (Å²) in [5.41, 5.74) is -2.13. The molecule has 0 unspecified atom stereocenters. The predicted octanol–water partition coefficient (Wildman–Crippen LogP) is 5.44. The van der Waals surface area contributed by atoms with Gasteiger partial charge in [-0.2, -0.15) is 4.98 Å². The van der Waals surface area contributed by atoms with Crippen LogP contribution in [0.25, 0.3) is 10.9 Å². The lowest BCUT2D eigenvalue weighted by Gasteiger charge is -2.26. The first-order chi connectivity index (χ1) is 16.5. The van der Waals surface area contributed by atoms with Crippen molar-refractivity contribution in [2.45, 2.75) is 32.6 Å². The number of benzene rings is 2. The zero-order chi connectivity index (χ0) is 25.5. The highest BCUT2D eigenvalue weighted by Gasteiger charge is 2.50. The summed E-state index contributed by atoms with van der Waals surface area (Å²) in [6.45, 7) is 0.324. The first-order valence-corrected chi connectivity index (χ1v) is 10.5. The second-order valence-electron chi connectivity index (χ2n) is 8.22. The van der Waals surface area contributed by atoms with Crippen molar-refractivity contribution in [3.05, 3.63) is 59.2 Å². The normalized spacial score (nSPS) is 14.2. The SMILES string of the molecule is CC(=N)n1c(=N)nc(N(CC(F)F)c2cc(F)cc(C#CC3(C(F)F)CC3)c2)c2c(F)cccc21. The van der Waals surface area contributed by atoms with Gasteiger partial charge in [0.15, 0.2) is 0 Å². The van der Waals surface area contributed by atoms with Crippen LogP contribution in [-0.2, 0) is 0 Å². The fraction of sp³-hybridized carbons (Fsp3) is 0.292. The molecule has 0 atom stereocenters. The van der Waals surface area contributed by atoms with Crippen LogP contribution in [0.4, 0.5) is 37.8 Å². The summed E-state index contributed by atoms with van der Waals surface area (Å²) < 4.78 is 84.1. The third-order valence-electron chi connectivity index (χ3n) is 5.65. The molecule has 2 N–H and O–H groups in total. The van der Waals surface area contributed by atoms with Crippen LogP contribution in [0.3, 0.4) is 0 Å². The molecule has 11 heteroatoms. The Kier molecular flexibility index (Phi) is 6.32. The fourth-order valence-corrected chi connectivity index (χ4v) is 3.76. The standard InChI is InChI=1S/C24H19F6N5/c1-13(31)35-18-4-2-3-17(26)20(18)21(33-23(35)32)34(12-19(27)28)16-10-14(9-15(25)11-16)5-6-24(7-8-24)22(29)30/h2-4,9-11,19,22,31-32H,7-8,12H2,1H3. The average molecular weight is 491 g/mol. The molecule has 1 saturated carbocycles. The summed E-state index contributed by atoms with van der Waals surface area (Å²) in [4.78, 5) is 4.83. The van der Waals surface area contributed by atoms with E-state index in [9.17, 15) is 26.3 Å². The van der Waals surface area contributed by atoms with Gasteiger partial charge in [-0.05, 0) is 50.1 Å². The molecule has 0 saturated heterocycles. The van der Waals surface area contributed by atoms with Crippen LogP contribution in [0.2, 0.25) is 0 Å². The van der Waals surface area contributed by atoms with Gasteiger partial charge in [0, 0.05) is 11.3 Å². The minimum Gasteiger partial charge on any atom is -0.320 e. The monoisotopic (exact) mass is 491 g/mol. The van der Waals surface area contributed by atoms with Crippen molar-refractivity contribution in [1.82, 2.24) is 9.55 Å². The van der Waals surface area contributed by atoms with Gasteiger partial charge in [0.2, 0.25) is 5.62 Å². The Morgan fingerprint density at radius 1 is 1.17 bits per heavy atom. The highest BCUT2D eigenvalue weighted by Crippen LogP contribution is 2.50. The lowest BCUT2D eigenvalue weighted by Crippen LogP contribution is -2.33. The number of nitrogens with zero attached hydrogens (tertiary/aromatic N) is 3. The van der Waals surface area contributed by atoms with Crippen molar-refractivity contribution < 1.29 is 26.3 Å². The van der Waals surface area contributed by atoms with Crippen LogP contribution in [0, 0.1) is 39.7 Å². The minimum atomic E-state index is -2.96. The minimum absolute atomic E-state index is 0.0246. The van der Waals surface area contributed by atoms with E-state index in [1.807, 2.05) is 0 Å². The predicted molar refractivity (Wildman–Crippen MR) is 118 cm³/mol. The summed E-state index contributed by atoms with van der Waals surface area (Å²) in [6, 6.07) is 6.93. The van der Waals surface area contributed by atoms with Gasteiger partial charge in [-0.1, -0.05) is 17.9 Å². The molecule has 4 rings (SSSR count). The number of anilines is 2. The van der Waals surface area contributed by atoms with Crippen LogP contribution < -0.4 is 10.5 Å². The summed E-state index contributed by atoms with van der Waals surface area (Å²) in [5, 5.41) is 15.9. The van der Waals surface area contributed by atoms with E-state index in [-0.39, 0.29) is 46.6 Å². The maximum absolute atomic E-state index is 15.0. The molecule has 1 aromatic heterocycles.